The van der Waals surface area contributed by atoms with Crippen LogP contribution in [0.2, 0.25) is 0 Å². The number of rotatable bonds is 3. The lowest BCUT2D eigenvalue weighted by atomic mass is 10.7. The second kappa shape index (κ2) is 4.37. The first-order chi connectivity index (χ1) is 5.37. The van der Waals surface area contributed by atoms with Crippen molar-refractivity contribution in [2.45, 2.75) is 6.18 Å². The fraction of sp³-hybridized carbons (Fsp3) is 0.750. The highest BCUT2D eigenvalue weighted by Gasteiger charge is 2.39. The molecule has 0 fully saturated rings. The molecule has 1 atom stereocenters. The summed E-state index contributed by atoms with van der Waals surface area (Å²) in [7, 11) is -2.14. The van der Waals surface area contributed by atoms with Crippen molar-refractivity contribution in [2.24, 2.45) is 0 Å². The summed E-state index contributed by atoms with van der Waals surface area (Å²) in [5.74, 6) is 0. The third-order valence-electron chi connectivity index (χ3n) is 0.669. The van der Waals surface area contributed by atoms with Crippen LogP contribution in [0.3, 0.4) is 0 Å². The zero-order chi connectivity index (χ0) is 9.78. The fourth-order valence-electron chi connectivity index (χ4n) is 0.259. The van der Waals surface area contributed by atoms with Gasteiger partial charge in [-0.15, -0.1) is 4.52 Å². The van der Waals surface area contributed by atoms with E-state index in [1.54, 1.807) is 0 Å². The maximum atomic E-state index is 11.4. The van der Waals surface area contributed by atoms with Gasteiger partial charge in [0.05, 0.1) is 7.11 Å². The molecule has 0 aliphatic carbocycles. The second-order valence-corrected chi connectivity index (χ2v) is 2.75. The Balaban J connectivity index is 3.80. The predicted octanol–water partition coefficient (Wildman–Crippen LogP) is 2.07. The van der Waals surface area contributed by atoms with Gasteiger partial charge in [-0.1, -0.05) is 0 Å². The van der Waals surface area contributed by atoms with Crippen LogP contribution in [0.25, 0.3) is 0 Å². The Morgan fingerprint density at radius 3 is 2.33 bits per heavy atom. The Kier molecular flexibility index (Phi) is 4.12. The first kappa shape index (κ1) is 11.3. The zero-order valence-electron chi connectivity index (χ0n) is 5.92. The van der Waals surface area contributed by atoms with Crippen LogP contribution < -0.4 is 0 Å². The average molecular weight is 205 g/mol. The third kappa shape index (κ3) is 5.03. The van der Waals surface area contributed by atoms with Gasteiger partial charge in [0.1, 0.15) is 0 Å². The summed E-state index contributed by atoms with van der Waals surface area (Å²) < 4.78 is 52.0. The molecule has 1 unspecified atom stereocenters. The van der Waals surface area contributed by atoms with E-state index in [0.717, 1.165) is 7.11 Å². The Hall–Kier alpha value is -0.680. The van der Waals surface area contributed by atoms with Gasteiger partial charge in [-0.05, 0) is 4.57 Å². The number of carbonyl (C=O) groups is 1. The molecule has 0 bridgehead atoms. The highest BCUT2D eigenvalue weighted by atomic mass is 31.1. The van der Waals surface area contributed by atoms with Crippen LogP contribution in [-0.2, 0) is 13.8 Å². The Morgan fingerprint density at radius 2 is 2.00 bits per heavy atom. The quantitative estimate of drug-likeness (QED) is 0.661. The molecule has 0 amide bonds. The van der Waals surface area contributed by atoms with Gasteiger partial charge in [0.2, 0.25) is 0 Å². The SMILES string of the molecule is COC(=O)[P+](=O)OCC(F)(F)F. The van der Waals surface area contributed by atoms with Crippen molar-refractivity contribution >= 4 is 13.7 Å². The smallest absolute Gasteiger partial charge is 0.429 e. The minimum atomic E-state index is -4.60. The maximum Gasteiger partial charge on any atom is 0.636 e. The first-order valence-corrected chi connectivity index (χ1v) is 3.79. The van der Waals surface area contributed by atoms with Crippen LogP contribution in [-0.4, -0.2) is 25.6 Å². The van der Waals surface area contributed by atoms with E-state index < -0.39 is 26.5 Å². The summed E-state index contributed by atoms with van der Waals surface area (Å²) in [4.78, 5) is 10.2. The third-order valence-corrected chi connectivity index (χ3v) is 1.51. The molecule has 0 aliphatic rings. The molecule has 4 nitrogen and oxygen atoms in total. The van der Waals surface area contributed by atoms with Gasteiger partial charge in [0, 0.05) is 0 Å². The van der Waals surface area contributed by atoms with Crippen molar-refractivity contribution in [1.29, 1.82) is 0 Å². The van der Waals surface area contributed by atoms with Crippen molar-refractivity contribution < 1.29 is 31.8 Å². The van der Waals surface area contributed by atoms with Crippen LogP contribution in [0.15, 0.2) is 0 Å². The Morgan fingerprint density at radius 1 is 1.50 bits per heavy atom. The molecule has 0 spiro atoms. The fourth-order valence-corrected chi connectivity index (χ4v) is 0.777. The van der Waals surface area contributed by atoms with Gasteiger partial charge >= 0.3 is 19.9 Å². The number of hydrogen-bond acceptors (Lipinski definition) is 4. The van der Waals surface area contributed by atoms with Crippen LogP contribution in [0.4, 0.5) is 18.0 Å². The predicted molar refractivity (Wildman–Crippen MR) is 32.0 cm³/mol. The Labute approximate surface area is 66.5 Å². The van der Waals surface area contributed by atoms with E-state index >= 15 is 0 Å². The molecule has 0 saturated heterocycles. The van der Waals surface area contributed by atoms with Crippen molar-refractivity contribution in [3.05, 3.63) is 0 Å². The van der Waals surface area contributed by atoms with Crippen LogP contribution in [0.5, 0.6) is 0 Å². The molecule has 0 aromatic rings. The molecule has 0 rings (SSSR count). The lowest BCUT2D eigenvalue weighted by Crippen LogP contribution is -2.15. The summed E-state index contributed by atoms with van der Waals surface area (Å²) in [6.45, 7) is -1.72. The summed E-state index contributed by atoms with van der Waals surface area (Å²) in [6.07, 6.45) is -4.60. The van der Waals surface area contributed by atoms with Crippen molar-refractivity contribution in [2.75, 3.05) is 13.7 Å². The zero-order valence-corrected chi connectivity index (χ0v) is 6.82. The molecule has 0 radical (unpaired) electrons. The van der Waals surface area contributed by atoms with E-state index in [2.05, 4.69) is 9.26 Å². The molecule has 8 heteroatoms. The molecule has 70 valence electrons. The largest absolute Gasteiger partial charge is 0.636 e. The van der Waals surface area contributed by atoms with Gasteiger partial charge in [0.15, 0.2) is 6.61 Å². The molecule has 0 aromatic heterocycles. The van der Waals surface area contributed by atoms with Crippen molar-refractivity contribution in [3.8, 4) is 0 Å². The highest BCUT2D eigenvalue weighted by molar-refractivity contribution is 7.58. The van der Waals surface area contributed by atoms with Gasteiger partial charge in [-0.25, -0.2) is 0 Å². The molecule has 0 heterocycles. The normalized spacial score (nSPS) is 12.5. The van der Waals surface area contributed by atoms with Gasteiger partial charge in [-0.2, -0.15) is 18.0 Å². The summed E-state index contributed by atoms with van der Waals surface area (Å²) in [5, 5.41) is 0. The van der Waals surface area contributed by atoms with E-state index in [1.807, 2.05) is 0 Å². The molecular weight excluding hydrogens is 200 g/mol. The first-order valence-electron chi connectivity index (χ1n) is 2.61. The molecule has 0 saturated carbocycles. The standard InChI is InChI=1S/C4H5F3O4P/c1-10-3(8)12(9)11-2-4(5,6)7/h2H2,1H3/q+1. The summed E-state index contributed by atoms with van der Waals surface area (Å²) >= 11 is 0. The second-order valence-electron chi connectivity index (χ2n) is 1.62. The van der Waals surface area contributed by atoms with Gasteiger partial charge in [-0.3, -0.25) is 0 Å². The van der Waals surface area contributed by atoms with Gasteiger partial charge in [0.25, 0.3) is 0 Å². The summed E-state index contributed by atoms with van der Waals surface area (Å²) in [6, 6.07) is 0. The number of hydrogen-bond donors (Lipinski definition) is 0. The number of halogens is 3. The summed E-state index contributed by atoms with van der Waals surface area (Å²) in [5.41, 5.74) is -1.31. The van der Waals surface area contributed by atoms with E-state index in [9.17, 15) is 22.5 Å². The molecule has 0 aliphatic heterocycles. The van der Waals surface area contributed by atoms with E-state index in [-0.39, 0.29) is 0 Å². The van der Waals surface area contributed by atoms with E-state index in [1.165, 1.54) is 0 Å². The van der Waals surface area contributed by atoms with Crippen LogP contribution in [0.1, 0.15) is 0 Å². The van der Waals surface area contributed by atoms with Crippen LogP contribution >= 0.6 is 8.03 Å². The van der Waals surface area contributed by atoms with Crippen molar-refractivity contribution in [3.63, 3.8) is 0 Å². The lowest BCUT2D eigenvalue weighted by Gasteiger charge is -1.98. The average Bonchev–Trinajstić information content (AvgIpc) is 1.97. The molecular formula is C4H5F3O4P+. The van der Waals surface area contributed by atoms with E-state index in [4.69, 9.17) is 0 Å². The van der Waals surface area contributed by atoms with E-state index in [0.29, 0.717) is 0 Å². The minimum Gasteiger partial charge on any atom is -0.429 e. The highest BCUT2D eigenvalue weighted by Crippen LogP contribution is 2.28. The molecule has 12 heavy (non-hydrogen) atoms. The maximum absolute atomic E-state index is 11.4. The van der Waals surface area contributed by atoms with Crippen molar-refractivity contribution in [1.82, 2.24) is 0 Å². The Bertz CT molecular complexity index is 189. The molecule has 0 N–H and O–H groups in total. The number of alkyl halides is 3. The number of ether oxygens (including phenoxy) is 1. The topological polar surface area (TPSA) is 52.6 Å². The monoisotopic (exact) mass is 205 g/mol. The molecule has 0 aromatic carbocycles. The minimum absolute atomic E-state index is 0.895. The number of carbonyl (C=O) groups excluding carboxylic acids is 1. The number of methoxy groups -OCH3 is 1. The van der Waals surface area contributed by atoms with Gasteiger partial charge < -0.3 is 4.74 Å². The van der Waals surface area contributed by atoms with Crippen LogP contribution in [0, 0.1) is 0 Å². The lowest BCUT2D eigenvalue weighted by molar-refractivity contribution is -0.152.